The summed E-state index contributed by atoms with van der Waals surface area (Å²) in [5.41, 5.74) is 5.82. The van der Waals surface area contributed by atoms with Crippen LogP contribution < -0.4 is 10.9 Å². The number of rotatable bonds is 2. The van der Waals surface area contributed by atoms with E-state index >= 15 is 0 Å². The van der Waals surface area contributed by atoms with E-state index in [0.717, 1.165) is 5.56 Å². The van der Waals surface area contributed by atoms with Crippen LogP contribution in [0.25, 0.3) is 0 Å². The van der Waals surface area contributed by atoms with Crippen molar-refractivity contribution in [3.8, 4) is 0 Å². The monoisotopic (exact) mass is 392 g/mol. The smallest absolute Gasteiger partial charge is 0.267 e. The van der Waals surface area contributed by atoms with E-state index in [9.17, 15) is 14.0 Å². The molecule has 0 aliphatic carbocycles. The molecule has 0 heterocycles. The van der Waals surface area contributed by atoms with Crippen molar-refractivity contribution in [2.75, 3.05) is 0 Å². The van der Waals surface area contributed by atoms with Gasteiger partial charge in [0.25, 0.3) is 11.8 Å². The predicted octanol–water partition coefficient (Wildman–Crippen LogP) is 3.96. The maximum absolute atomic E-state index is 13.6. The van der Waals surface area contributed by atoms with E-state index in [1.807, 2.05) is 12.1 Å². The number of carbonyl (C=O) groups excluding carboxylic acids is 2. The van der Waals surface area contributed by atoms with Crippen molar-refractivity contribution in [3.05, 3.63) is 69.4 Å². The summed E-state index contributed by atoms with van der Waals surface area (Å²) in [6.45, 7) is 6.23. The number of carbonyl (C=O) groups is 2. The van der Waals surface area contributed by atoms with Crippen LogP contribution in [0, 0.1) is 5.82 Å². The van der Waals surface area contributed by atoms with Crippen molar-refractivity contribution >= 4 is 27.7 Å². The Kier molecular flexibility index (Phi) is 5.39. The number of amides is 2. The Labute approximate surface area is 148 Å². The second-order valence-corrected chi connectivity index (χ2v) is 7.28. The predicted molar refractivity (Wildman–Crippen MR) is 94.2 cm³/mol. The quantitative estimate of drug-likeness (QED) is 0.759. The van der Waals surface area contributed by atoms with Gasteiger partial charge in [0.2, 0.25) is 0 Å². The van der Waals surface area contributed by atoms with Crippen molar-refractivity contribution in [3.63, 3.8) is 0 Å². The van der Waals surface area contributed by atoms with Gasteiger partial charge in [0.15, 0.2) is 0 Å². The molecule has 4 nitrogen and oxygen atoms in total. The molecule has 2 aromatic carbocycles. The van der Waals surface area contributed by atoms with Crippen LogP contribution in [0.2, 0.25) is 0 Å². The first-order chi connectivity index (χ1) is 11.2. The van der Waals surface area contributed by atoms with Gasteiger partial charge in [-0.05, 0) is 41.3 Å². The lowest BCUT2D eigenvalue weighted by Gasteiger charge is -2.19. The zero-order chi connectivity index (χ0) is 17.9. The van der Waals surface area contributed by atoms with Crippen molar-refractivity contribution in [1.82, 2.24) is 10.9 Å². The highest BCUT2D eigenvalue weighted by molar-refractivity contribution is 9.10. The summed E-state index contributed by atoms with van der Waals surface area (Å²) in [5.74, 6) is -1.87. The number of nitrogens with one attached hydrogen (secondary N) is 2. The molecule has 2 N–H and O–H groups in total. The molecular weight excluding hydrogens is 375 g/mol. The Morgan fingerprint density at radius 1 is 0.958 bits per heavy atom. The highest BCUT2D eigenvalue weighted by atomic mass is 79.9. The zero-order valence-corrected chi connectivity index (χ0v) is 15.2. The van der Waals surface area contributed by atoms with Gasteiger partial charge in [-0.1, -0.05) is 48.8 Å². The molecule has 0 aliphatic heterocycles. The minimum absolute atomic E-state index is 0.0125. The zero-order valence-electron chi connectivity index (χ0n) is 13.6. The number of hydrogen-bond donors (Lipinski definition) is 2. The molecule has 0 radical (unpaired) electrons. The first-order valence-electron chi connectivity index (χ1n) is 7.35. The van der Waals surface area contributed by atoms with Crippen LogP contribution >= 0.6 is 15.9 Å². The van der Waals surface area contributed by atoms with Crippen molar-refractivity contribution < 1.29 is 14.0 Å². The van der Waals surface area contributed by atoms with Gasteiger partial charge in [-0.3, -0.25) is 20.4 Å². The van der Waals surface area contributed by atoms with Crippen molar-refractivity contribution in [2.45, 2.75) is 26.2 Å². The average molecular weight is 393 g/mol. The Morgan fingerprint density at radius 2 is 1.54 bits per heavy atom. The van der Waals surface area contributed by atoms with Crippen LogP contribution in [0.15, 0.2) is 46.9 Å². The Hall–Kier alpha value is -2.21. The fourth-order valence-electron chi connectivity index (χ4n) is 2.05. The first-order valence-corrected chi connectivity index (χ1v) is 8.14. The molecule has 0 aliphatic rings. The summed E-state index contributed by atoms with van der Waals surface area (Å²) in [7, 11) is 0. The summed E-state index contributed by atoms with van der Waals surface area (Å²) >= 11 is 3.17. The average Bonchev–Trinajstić information content (AvgIpc) is 2.53. The summed E-state index contributed by atoms with van der Waals surface area (Å²) in [6, 6.07) is 11.1. The molecule has 2 rings (SSSR count). The molecular formula is C18H18BrFN2O2. The van der Waals surface area contributed by atoms with Gasteiger partial charge in [0, 0.05) is 10.0 Å². The second kappa shape index (κ2) is 7.13. The second-order valence-electron chi connectivity index (χ2n) is 6.36. The third-order valence-electron chi connectivity index (χ3n) is 3.48. The van der Waals surface area contributed by atoms with Gasteiger partial charge < -0.3 is 0 Å². The molecule has 0 bridgehead atoms. The van der Waals surface area contributed by atoms with Gasteiger partial charge in [-0.15, -0.1) is 0 Å². The van der Waals surface area contributed by atoms with Gasteiger partial charge in [0.1, 0.15) is 5.82 Å². The highest BCUT2D eigenvalue weighted by Gasteiger charge is 2.16. The molecule has 0 atom stereocenters. The van der Waals surface area contributed by atoms with E-state index < -0.39 is 17.6 Å². The van der Waals surface area contributed by atoms with Crippen LogP contribution in [0.3, 0.4) is 0 Å². The van der Waals surface area contributed by atoms with Crippen LogP contribution in [-0.2, 0) is 5.41 Å². The Morgan fingerprint density at radius 3 is 2.12 bits per heavy atom. The van der Waals surface area contributed by atoms with E-state index in [2.05, 4.69) is 47.6 Å². The normalized spacial score (nSPS) is 11.0. The van der Waals surface area contributed by atoms with Crippen LogP contribution in [0.4, 0.5) is 4.39 Å². The molecule has 0 spiro atoms. The standard InChI is InChI=1S/C18H18BrFN2O2/c1-18(2,3)12-6-4-11(5-7-12)16(23)21-22-17(24)14-10-13(19)8-9-15(14)20/h4-10H,1-3H3,(H,21,23)(H,22,24). The van der Waals surface area contributed by atoms with Gasteiger partial charge in [-0.25, -0.2) is 4.39 Å². The molecule has 0 aromatic heterocycles. The molecule has 0 saturated carbocycles. The van der Waals surface area contributed by atoms with Gasteiger partial charge in [-0.2, -0.15) is 0 Å². The lowest BCUT2D eigenvalue weighted by Crippen LogP contribution is -2.42. The summed E-state index contributed by atoms with van der Waals surface area (Å²) < 4.78 is 14.2. The molecule has 2 aromatic rings. The van der Waals surface area contributed by atoms with E-state index in [4.69, 9.17) is 0 Å². The number of hydrogen-bond acceptors (Lipinski definition) is 2. The summed E-state index contributed by atoms with van der Waals surface area (Å²) in [4.78, 5) is 24.0. The molecule has 24 heavy (non-hydrogen) atoms. The fraction of sp³-hybridized carbons (Fsp3) is 0.222. The van der Waals surface area contributed by atoms with Crippen molar-refractivity contribution in [1.29, 1.82) is 0 Å². The van der Waals surface area contributed by atoms with E-state index in [0.29, 0.717) is 10.0 Å². The Bertz CT molecular complexity index is 768. The lowest BCUT2D eigenvalue weighted by molar-refractivity contribution is 0.0844. The molecule has 0 unspecified atom stereocenters. The minimum Gasteiger partial charge on any atom is -0.267 e. The SMILES string of the molecule is CC(C)(C)c1ccc(C(=O)NNC(=O)c2cc(Br)ccc2F)cc1. The first kappa shape index (κ1) is 18.1. The number of hydrazine groups is 1. The van der Waals surface area contributed by atoms with Crippen LogP contribution in [0.1, 0.15) is 47.1 Å². The van der Waals surface area contributed by atoms with Gasteiger partial charge >= 0.3 is 0 Å². The molecule has 0 fully saturated rings. The van der Waals surface area contributed by atoms with E-state index in [1.54, 1.807) is 12.1 Å². The molecule has 126 valence electrons. The third-order valence-corrected chi connectivity index (χ3v) is 3.97. The van der Waals surface area contributed by atoms with Crippen LogP contribution in [-0.4, -0.2) is 11.8 Å². The maximum atomic E-state index is 13.6. The lowest BCUT2D eigenvalue weighted by atomic mass is 9.87. The van der Waals surface area contributed by atoms with E-state index in [1.165, 1.54) is 18.2 Å². The van der Waals surface area contributed by atoms with Crippen molar-refractivity contribution in [2.24, 2.45) is 0 Å². The molecule has 0 saturated heterocycles. The fourth-order valence-corrected chi connectivity index (χ4v) is 2.41. The highest BCUT2D eigenvalue weighted by Crippen LogP contribution is 2.22. The van der Waals surface area contributed by atoms with E-state index in [-0.39, 0.29) is 11.0 Å². The maximum Gasteiger partial charge on any atom is 0.272 e. The third kappa shape index (κ3) is 4.41. The largest absolute Gasteiger partial charge is 0.272 e. The number of benzene rings is 2. The Balaban J connectivity index is 2.02. The van der Waals surface area contributed by atoms with Crippen LogP contribution in [0.5, 0.6) is 0 Å². The molecule has 2 amide bonds. The summed E-state index contributed by atoms with van der Waals surface area (Å²) in [5, 5.41) is 0. The molecule has 6 heteroatoms. The topological polar surface area (TPSA) is 58.2 Å². The number of halogens is 2. The van der Waals surface area contributed by atoms with Gasteiger partial charge in [0.05, 0.1) is 5.56 Å². The summed E-state index contributed by atoms with van der Waals surface area (Å²) in [6.07, 6.45) is 0. The minimum atomic E-state index is -0.728.